The Hall–Kier alpha value is -3.72. The highest BCUT2D eigenvalue weighted by atomic mass is 35.5. The van der Waals surface area contributed by atoms with Gasteiger partial charge in [-0.3, -0.25) is 0 Å². The third-order valence-corrected chi connectivity index (χ3v) is 4.86. The first-order valence-electron chi connectivity index (χ1n) is 9.65. The molecule has 164 valence electrons. The molecule has 1 fully saturated rings. The average molecular weight is 456 g/mol. The maximum absolute atomic E-state index is 13.2. The molecular formula is C22H18ClN3O6. The Bertz CT molecular complexity index is 1170. The molecule has 1 atom stereocenters. The van der Waals surface area contributed by atoms with Crippen LogP contribution in [0, 0.1) is 6.92 Å². The van der Waals surface area contributed by atoms with Crippen LogP contribution in [0.2, 0.25) is 5.02 Å². The van der Waals surface area contributed by atoms with Crippen LogP contribution >= 0.6 is 11.6 Å². The van der Waals surface area contributed by atoms with E-state index >= 15 is 0 Å². The zero-order valence-corrected chi connectivity index (χ0v) is 18.0. The van der Waals surface area contributed by atoms with Crippen molar-refractivity contribution in [3.05, 3.63) is 58.9 Å². The van der Waals surface area contributed by atoms with E-state index in [1.807, 2.05) is 0 Å². The molecule has 0 amide bonds. The van der Waals surface area contributed by atoms with Crippen molar-refractivity contribution in [2.24, 2.45) is 0 Å². The molecule has 3 aromatic rings. The van der Waals surface area contributed by atoms with E-state index in [4.69, 9.17) is 30.5 Å². The molecule has 0 radical (unpaired) electrons. The summed E-state index contributed by atoms with van der Waals surface area (Å²) < 4.78 is 21.2. The van der Waals surface area contributed by atoms with Crippen LogP contribution in [0.4, 0.5) is 0 Å². The molecule has 0 bridgehead atoms. The van der Waals surface area contributed by atoms with E-state index in [-0.39, 0.29) is 36.4 Å². The molecule has 1 saturated heterocycles. The van der Waals surface area contributed by atoms with Crippen molar-refractivity contribution in [3.8, 4) is 28.9 Å². The van der Waals surface area contributed by atoms with Gasteiger partial charge in [0.2, 0.25) is 6.10 Å². The number of hydrogen-bond donors (Lipinski definition) is 0. The third-order valence-electron chi connectivity index (χ3n) is 4.61. The maximum Gasteiger partial charge on any atom is 0.347 e. The predicted octanol–water partition coefficient (Wildman–Crippen LogP) is 3.77. The number of cyclic esters (lactones) is 1. The highest BCUT2D eigenvalue weighted by Crippen LogP contribution is 2.34. The van der Waals surface area contributed by atoms with E-state index in [0.717, 1.165) is 0 Å². The van der Waals surface area contributed by atoms with Gasteiger partial charge in [-0.2, -0.15) is 9.97 Å². The molecule has 0 spiro atoms. The van der Waals surface area contributed by atoms with Crippen LogP contribution in [-0.2, 0) is 14.3 Å². The second-order valence-corrected chi connectivity index (χ2v) is 7.23. The van der Waals surface area contributed by atoms with Crippen molar-refractivity contribution < 1.29 is 28.5 Å². The Balaban J connectivity index is 1.77. The van der Waals surface area contributed by atoms with Crippen molar-refractivity contribution in [3.63, 3.8) is 0 Å². The van der Waals surface area contributed by atoms with Crippen LogP contribution in [0.25, 0.3) is 11.1 Å². The highest BCUT2D eigenvalue weighted by Gasteiger charge is 2.32. The summed E-state index contributed by atoms with van der Waals surface area (Å²) in [6, 6.07) is 12.0. The summed E-state index contributed by atoms with van der Waals surface area (Å²) in [5, 5.41) is 0.548. The molecule has 4 rings (SSSR count). The van der Waals surface area contributed by atoms with Crippen molar-refractivity contribution >= 4 is 23.5 Å². The van der Waals surface area contributed by atoms with Gasteiger partial charge in [-0.1, -0.05) is 35.9 Å². The van der Waals surface area contributed by atoms with Crippen molar-refractivity contribution in [2.45, 2.75) is 19.4 Å². The number of hydrogen-bond acceptors (Lipinski definition) is 9. The average Bonchev–Trinajstić information content (AvgIpc) is 3.18. The molecule has 0 saturated carbocycles. The van der Waals surface area contributed by atoms with Gasteiger partial charge in [-0.05, 0) is 36.2 Å². The SMILES string of the molecule is COc1nc(C)nc(Oc2cccc(-c3ccc(Cl)cc3)c2C(=O)OC2CCOC2=O)n1. The van der Waals surface area contributed by atoms with Gasteiger partial charge >= 0.3 is 24.0 Å². The summed E-state index contributed by atoms with van der Waals surface area (Å²) in [6.07, 6.45) is -0.693. The molecule has 0 N–H and O–H groups in total. The first kappa shape index (κ1) is 21.5. The number of aryl methyl sites for hydroxylation is 1. The van der Waals surface area contributed by atoms with Gasteiger partial charge in [0, 0.05) is 11.4 Å². The van der Waals surface area contributed by atoms with E-state index in [0.29, 0.717) is 22.0 Å². The summed E-state index contributed by atoms with van der Waals surface area (Å²) in [5.74, 6) is -0.810. The highest BCUT2D eigenvalue weighted by molar-refractivity contribution is 6.30. The molecule has 1 aliphatic rings. The number of esters is 2. The van der Waals surface area contributed by atoms with Crippen molar-refractivity contribution in [1.29, 1.82) is 0 Å². The van der Waals surface area contributed by atoms with Gasteiger partial charge in [-0.15, -0.1) is 4.98 Å². The molecular weight excluding hydrogens is 438 g/mol. The lowest BCUT2D eigenvalue weighted by atomic mass is 9.99. The Morgan fingerprint density at radius 3 is 2.53 bits per heavy atom. The van der Waals surface area contributed by atoms with E-state index in [9.17, 15) is 9.59 Å². The zero-order valence-electron chi connectivity index (χ0n) is 17.2. The number of methoxy groups -OCH3 is 1. The fourth-order valence-electron chi connectivity index (χ4n) is 3.14. The minimum absolute atomic E-state index is 0.0584. The number of ether oxygens (including phenoxy) is 4. The van der Waals surface area contributed by atoms with Gasteiger partial charge in [0.15, 0.2) is 0 Å². The fraction of sp³-hybridized carbons (Fsp3) is 0.227. The second kappa shape index (κ2) is 9.19. The number of carbonyl (C=O) groups is 2. The van der Waals surface area contributed by atoms with E-state index in [1.54, 1.807) is 49.4 Å². The molecule has 0 aliphatic carbocycles. The molecule has 2 heterocycles. The van der Waals surface area contributed by atoms with Crippen LogP contribution in [-0.4, -0.2) is 46.7 Å². The monoisotopic (exact) mass is 455 g/mol. The zero-order chi connectivity index (χ0) is 22.7. The van der Waals surface area contributed by atoms with Crippen LogP contribution in [0.15, 0.2) is 42.5 Å². The second-order valence-electron chi connectivity index (χ2n) is 6.79. The molecule has 32 heavy (non-hydrogen) atoms. The molecule has 9 nitrogen and oxygen atoms in total. The number of carbonyl (C=O) groups excluding carboxylic acids is 2. The van der Waals surface area contributed by atoms with Crippen LogP contribution in [0.5, 0.6) is 17.8 Å². The molecule has 1 aromatic heterocycles. The minimum atomic E-state index is -0.979. The minimum Gasteiger partial charge on any atom is -0.467 e. The van der Waals surface area contributed by atoms with Crippen LogP contribution in [0.1, 0.15) is 22.6 Å². The Kier molecular flexibility index (Phi) is 6.18. The van der Waals surface area contributed by atoms with Gasteiger partial charge in [-0.25, -0.2) is 9.59 Å². The number of rotatable bonds is 6. The lowest BCUT2D eigenvalue weighted by molar-refractivity contribution is -0.145. The quantitative estimate of drug-likeness (QED) is 0.513. The predicted molar refractivity (Wildman–Crippen MR) is 113 cm³/mol. The summed E-state index contributed by atoms with van der Waals surface area (Å²) in [6.45, 7) is 1.85. The van der Waals surface area contributed by atoms with Crippen molar-refractivity contribution in [2.75, 3.05) is 13.7 Å². The molecule has 10 heteroatoms. The van der Waals surface area contributed by atoms with Gasteiger partial charge in [0.1, 0.15) is 17.1 Å². The topological polar surface area (TPSA) is 110 Å². The van der Waals surface area contributed by atoms with Crippen molar-refractivity contribution in [1.82, 2.24) is 15.0 Å². The fourth-order valence-corrected chi connectivity index (χ4v) is 3.26. The lowest BCUT2D eigenvalue weighted by Crippen LogP contribution is -2.23. The summed E-state index contributed by atoms with van der Waals surface area (Å²) in [5.41, 5.74) is 1.32. The van der Waals surface area contributed by atoms with E-state index in [1.165, 1.54) is 7.11 Å². The Labute approximate surface area is 188 Å². The van der Waals surface area contributed by atoms with Crippen LogP contribution < -0.4 is 9.47 Å². The largest absolute Gasteiger partial charge is 0.467 e. The van der Waals surface area contributed by atoms with Gasteiger partial charge < -0.3 is 18.9 Å². The number of nitrogens with zero attached hydrogens (tertiary/aromatic N) is 3. The number of halogens is 1. The molecule has 1 unspecified atom stereocenters. The molecule has 2 aromatic carbocycles. The smallest absolute Gasteiger partial charge is 0.347 e. The normalized spacial score (nSPS) is 15.2. The summed E-state index contributed by atoms with van der Waals surface area (Å²) in [7, 11) is 1.42. The van der Waals surface area contributed by atoms with Crippen LogP contribution in [0.3, 0.4) is 0 Å². The van der Waals surface area contributed by atoms with Gasteiger partial charge in [0.05, 0.1) is 13.7 Å². The Morgan fingerprint density at radius 1 is 1.09 bits per heavy atom. The first-order valence-corrected chi connectivity index (χ1v) is 10.0. The number of aromatic nitrogens is 3. The third kappa shape index (κ3) is 4.62. The first-order chi connectivity index (χ1) is 15.4. The number of benzene rings is 2. The Morgan fingerprint density at radius 2 is 1.84 bits per heavy atom. The standard InChI is InChI=1S/C22H18ClN3O6/c1-12-24-21(29-2)26-22(25-12)32-16-5-3-4-15(13-6-8-14(23)9-7-13)18(16)20(28)31-17-10-11-30-19(17)27/h3-9,17H,10-11H2,1-2H3. The summed E-state index contributed by atoms with van der Waals surface area (Å²) >= 11 is 6.01. The summed E-state index contributed by atoms with van der Waals surface area (Å²) in [4.78, 5) is 37.3. The van der Waals surface area contributed by atoms with Gasteiger partial charge in [0.25, 0.3) is 0 Å². The lowest BCUT2D eigenvalue weighted by Gasteiger charge is -2.16. The van der Waals surface area contributed by atoms with E-state index < -0.39 is 18.0 Å². The maximum atomic E-state index is 13.2. The van der Waals surface area contributed by atoms with E-state index in [2.05, 4.69) is 15.0 Å². The molecule has 1 aliphatic heterocycles.